The fraction of sp³-hybridized carbons (Fsp3) is 0.143. The van der Waals surface area contributed by atoms with Crippen LogP contribution in [0.25, 0.3) is 22.4 Å². The van der Waals surface area contributed by atoms with Crippen molar-refractivity contribution in [2.24, 2.45) is 0 Å². The number of benzene rings is 2. The van der Waals surface area contributed by atoms with E-state index in [2.05, 4.69) is 4.98 Å². The Morgan fingerprint density at radius 1 is 1.04 bits per heavy atom. The molecule has 0 bridgehead atoms. The molecule has 0 fully saturated rings. The van der Waals surface area contributed by atoms with E-state index in [1.807, 2.05) is 60.7 Å². The minimum absolute atomic E-state index is 0.149. The van der Waals surface area contributed by atoms with Crippen LogP contribution in [0, 0.1) is 0 Å². The van der Waals surface area contributed by atoms with Crippen LogP contribution in [0.1, 0.15) is 17.3 Å². The molecule has 0 spiro atoms. The summed E-state index contributed by atoms with van der Waals surface area (Å²) in [4.78, 5) is 16.9. The Kier molecular flexibility index (Phi) is 5.17. The van der Waals surface area contributed by atoms with Gasteiger partial charge < -0.3 is 15.2 Å². The zero-order chi connectivity index (χ0) is 18.5. The molecule has 0 saturated carbocycles. The molecule has 5 nitrogen and oxygen atoms in total. The van der Waals surface area contributed by atoms with Crippen LogP contribution >= 0.6 is 0 Å². The third kappa shape index (κ3) is 3.52. The summed E-state index contributed by atoms with van der Waals surface area (Å²) in [6.07, 6.45) is 0. The Hall–Kier alpha value is -3.34. The maximum absolute atomic E-state index is 12.5. The monoisotopic (exact) mass is 348 g/mol. The van der Waals surface area contributed by atoms with Crippen molar-refractivity contribution in [2.45, 2.75) is 6.92 Å². The minimum atomic E-state index is -0.483. The lowest BCUT2D eigenvalue weighted by Gasteiger charge is -2.14. The molecule has 2 N–H and O–H groups in total. The number of rotatable bonds is 5. The Morgan fingerprint density at radius 2 is 1.73 bits per heavy atom. The van der Waals surface area contributed by atoms with Crippen molar-refractivity contribution in [3.05, 3.63) is 66.2 Å². The number of methoxy groups -OCH3 is 1. The smallest absolute Gasteiger partial charge is 0.342 e. The van der Waals surface area contributed by atoms with Crippen molar-refractivity contribution in [1.82, 2.24) is 4.98 Å². The van der Waals surface area contributed by atoms with E-state index in [4.69, 9.17) is 15.2 Å². The van der Waals surface area contributed by atoms with E-state index in [0.29, 0.717) is 11.3 Å². The van der Waals surface area contributed by atoms with Crippen molar-refractivity contribution >= 4 is 11.8 Å². The molecule has 0 aliphatic carbocycles. The van der Waals surface area contributed by atoms with Crippen molar-refractivity contribution in [3.8, 4) is 28.1 Å². The van der Waals surface area contributed by atoms with Crippen LogP contribution in [0.5, 0.6) is 5.75 Å². The van der Waals surface area contributed by atoms with Gasteiger partial charge in [-0.05, 0) is 30.7 Å². The average molecular weight is 348 g/mol. The molecule has 0 saturated heterocycles. The third-order valence-electron chi connectivity index (χ3n) is 4.00. The van der Waals surface area contributed by atoms with Gasteiger partial charge in [-0.2, -0.15) is 0 Å². The zero-order valence-corrected chi connectivity index (χ0v) is 14.7. The molecule has 0 amide bonds. The van der Waals surface area contributed by atoms with Gasteiger partial charge in [-0.15, -0.1) is 0 Å². The summed E-state index contributed by atoms with van der Waals surface area (Å²) in [5, 5.41) is 0. The molecule has 3 rings (SSSR count). The first-order valence-corrected chi connectivity index (χ1v) is 8.31. The van der Waals surface area contributed by atoms with Crippen LogP contribution in [0.4, 0.5) is 5.82 Å². The molecule has 0 unspecified atom stereocenters. The molecule has 0 atom stereocenters. The average Bonchev–Trinajstić information content (AvgIpc) is 2.68. The standard InChI is InChI=1S/C21H20N2O3/c1-3-26-21(24)19-17(14-9-11-16(25-2)12-10-14)13-18(23-20(19)22)15-7-5-4-6-8-15/h4-13H,3H2,1-2H3,(H2,22,23). The number of hydrogen-bond acceptors (Lipinski definition) is 5. The van der Waals surface area contributed by atoms with Gasteiger partial charge in [-0.25, -0.2) is 9.78 Å². The molecule has 1 heterocycles. The summed E-state index contributed by atoms with van der Waals surface area (Å²) in [6.45, 7) is 2.02. The fourth-order valence-electron chi connectivity index (χ4n) is 2.74. The van der Waals surface area contributed by atoms with Crippen LogP contribution in [0.3, 0.4) is 0 Å². The molecule has 0 aliphatic heterocycles. The minimum Gasteiger partial charge on any atom is -0.497 e. The molecule has 2 aromatic carbocycles. The van der Waals surface area contributed by atoms with Gasteiger partial charge in [0.1, 0.15) is 17.1 Å². The predicted molar refractivity (Wildman–Crippen MR) is 102 cm³/mol. The highest BCUT2D eigenvalue weighted by atomic mass is 16.5. The number of carbonyl (C=O) groups is 1. The van der Waals surface area contributed by atoms with Gasteiger partial charge in [0.25, 0.3) is 0 Å². The molecule has 1 aromatic heterocycles. The second-order valence-corrected chi connectivity index (χ2v) is 5.63. The number of aromatic nitrogens is 1. The predicted octanol–water partition coefficient (Wildman–Crippen LogP) is 4.18. The third-order valence-corrected chi connectivity index (χ3v) is 4.00. The first kappa shape index (κ1) is 17.5. The van der Waals surface area contributed by atoms with E-state index in [-0.39, 0.29) is 18.0 Å². The first-order valence-electron chi connectivity index (χ1n) is 8.31. The fourth-order valence-corrected chi connectivity index (χ4v) is 2.74. The summed E-state index contributed by atoms with van der Waals surface area (Å²) in [7, 11) is 1.61. The summed E-state index contributed by atoms with van der Waals surface area (Å²) in [6, 6.07) is 19.0. The number of ether oxygens (including phenoxy) is 2. The van der Waals surface area contributed by atoms with Crippen molar-refractivity contribution in [3.63, 3.8) is 0 Å². The lowest BCUT2D eigenvalue weighted by atomic mass is 9.97. The molecule has 0 radical (unpaired) electrons. The molecule has 0 aliphatic rings. The van der Waals surface area contributed by atoms with Gasteiger partial charge in [0.15, 0.2) is 0 Å². The van der Waals surface area contributed by atoms with Crippen LogP contribution < -0.4 is 10.5 Å². The van der Waals surface area contributed by atoms with E-state index >= 15 is 0 Å². The van der Waals surface area contributed by atoms with Gasteiger partial charge in [-0.1, -0.05) is 42.5 Å². The maximum atomic E-state index is 12.5. The summed E-state index contributed by atoms with van der Waals surface area (Å²) in [5.41, 5.74) is 9.55. The highest BCUT2D eigenvalue weighted by molar-refractivity contribution is 6.02. The van der Waals surface area contributed by atoms with Crippen LogP contribution in [-0.4, -0.2) is 24.7 Å². The molecule has 26 heavy (non-hydrogen) atoms. The van der Waals surface area contributed by atoms with Crippen LogP contribution in [-0.2, 0) is 4.74 Å². The van der Waals surface area contributed by atoms with Crippen LogP contribution in [0.15, 0.2) is 60.7 Å². The van der Waals surface area contributed by atoms with E-state index in [1.165, 1.54) is 0 Å². The van der Waals surface area contributed by atoms with Crippen molar-refractivity contribution in [1.29, 1.82) is 0 Å². The second kappa shape index (κ2) is 7.70. The van der Waals surface area contributed by atoms with Gasteiger partial charge in [0.2, 0.25) is 0 Å². The Bertz CT molecular complexity index is 907. The molecular formula is C21H20N2O3. The second-order valence-electron chi connectivity index (χ2n) is 5.63. The zero-order valence-electron chi connectivity index (χ0n) is 14.7. The Labute approximate surface area is 152 Å². The highest BCUT2D eigenvalue weighted by Gasteiger charge is 2.20. The quantitative estimate of drug-likeness (QED) is 0.700. The largest absolute Gasteiger partial charge is 0.497 e. The summed E-state index contributed by atoms with van der Waals surface area (Å²) < 4.78 is 10.4. The number of anilines is 1. The first-order chi connectivity index (χ1) is 12.6. The number of carbonyl (C=O) groups excluding carboxylic acids is 1. The molecule has 132 valence electrons. The SMILES string of the molecule is CCOC(=O)c1c(-c2ccc(OC)cc2)cc(-c2ccccc2)nc1N. The lowest BCUT2D eigenvalue weighted by molar-refractivity contribution is 0.0528. The van der Waals surface area contributed by atoms with Gasteiger partial charge >= 0.3 is 5.97 Å². The Balaban J connectivity index is 2.19. The summed E-state index contributed by atoms with van der Waals surface area (Å²) >= 11 is 0. The molecule has 3 aromatic rings. The lowest BCUT2D eigenvalue weighted by Crippen LogP contribution is -2.12. The normalized spacial score (nSPS) is 10.4. The van der Waals surface area contributed by atoms with Crippen molar-refractivity contribution < 1.29 is 14.3 Å². The molecular weight excluding hydrogens is 328 g/mol. The van der Waals surface area contributed by atoms with E-state index in [1.54, 1.807) is 14.0 Å². The van der Waals surface area contributed by atoms with E-state index in [0.717, 1.165) is 16.9 Å². The van der Waals surface area contributed by atoms with Gasteiger partial charge in [-0.3, -0.25) is 0 Å². The van der Waals surface area contributed by atoms with E-state index < -0.39 is 5.97 Å². The number of nitrogen functional groups attached to an aromatic ring is 1. The number of pyridine rings is 1. The van der Waals surface area contributed by atoms with Gasteiger partial charge in [0.05, 0.1) is 19.4 Å². The maximum Gasteiger partial charge on any atom is 0.342 e. The van der Waals surface area contributed by atoms with Crippen LogP contribution in [0.2, 0.25) is 0 Å². The number of nitrogens with two attached hydrogens (primary N) is 1. The van der Waals surface area contributed by atoms with Crippen molar-refractivity contribution in [2.75, 3.05) is 19.5 Å². The topological polar surface area (TPSA) is 74.4 Å². The highest BCUT2D eigenvalue weighted by Crippen LogP contribution is 2.33. The number of nitrogens with zero attached hydrogens (tertiary/aromatic N) is 1. The summed E-state index contributed by atoms with van der Waals surface area (Å²) in [5.74, 6) is 0.398. The van der Waals surface area contributed by atoms with E-state index in [9.17, 15) is 4.79 Å². The van der Waals surface area contributed by atoms with Gasteiger partial charge in [0, 0.05) is 11.1 Å². The number of esters is 1. The molecule has 5 heteroatoms. The number of hydrogen-bond donors (Lipinski definition) is 1. The Morgan fingerprint density at radius 3 is 2.35 bits per heavy atom.